The molecule has 0 saturated heterocycles. The highest BCUT2D eigenvalue weighted by atomic mass is 16.5. The Hall–Kier alpha value is -2.77. The molecule has 4 rings (SSSR count). The van der Waals surface area contributed by atoms with Gasteiger partial charge in [0, 0.05) is 37.8 Å². The summed E-state index contributed by atoms with van der Waals surface area (Å²) in [5.74, 6) is 1.21. The average molecular weight is 496 g/mol. The van der Waals surface area contributed by atoms with E-state index in [2.05, 4.69) is 55.7 Å². The van der Waals surface area contributed by atoms with Gasteiger partial charge in [-0.3, -0.25) is 9.69 Å². The van der Waals surface area contributed by atoms with E-state index in [4.69, 9.17) is 15.2 Å². The van der Waals surface area contributed by atoms with Crippen LogP contribution in [0.1, 0.15) is 61.2 Å². The van der Waals surface area contributed by atoms with Crippen LogP contribution in [0.15, 0.2) is 30.3 Å². The van der Waals surface area contributed by atoms with Gasteiger partial charge in [-0.05, 0) is 81.3 Å². The van der Waals surface area contributed by atoms with E-state index in [1.165, 1.54) is 11.1 Å². The van der Waals surface area contributed by atoms with Gasteiger partial charge in [-0.15, -0.1) is 0 Å². The van der Waals surface area contributed by atoms with Crippen LogP contribution in [-0.4, -0.2) is 66.9 Å². The number of anilines is 1. The maximum atomic E-state index is 12.4. The minimum Gasteiger partial charge on any atom is -0.488 e. The summed E-state index contributed by atoms with van der Waals surface area (Å²) in [7, 11) is 0. The molecule has 7 nitrogen and oxygen atoms in total. The molecule has 0 radical (unpaired) electrons. The zero-order valence-corrected chi connectivity index (χ0v) is 22.2. The topological polar surface area (TPSA) is 88.3 Å². The Morgan fingerprint density at radius 1 is 1.14 bits per heavy atom. The van der Waals surface area contributed by atoms with E-state index in [0.29, 0.717) is 25.2 Å². The van der Waals surface area contributed by atoms with Crippen LogP contribution in [0.2, 0.25) is 0 Å². The zero-order chi connectivity index (χ0) is 25.9. The summed E-state index contributed by atoms with van der Waals surface area (Å²) in [6.07, 6.45) is 3.31. The van der Waals surface area contributed by atoms with Crippen molar-refractivity contribution < 1.29 is 19.4 Å². The van der Waals surface area contributed by atoms with E-state index in [1.807, 2.05) is 12.1 Å². The highest BCUT2D eigenvalue weighted by molar-refractivity contribution is 6.00. The molecule has 0 bridgehead atoms. The first-order chi connectivity index (χ1) is 17.2. The normalized spacial score (nSPS) is 18.2. The van der Waals surface area contributed by atoms with Crippen LogP contribution >= 0.6 is 0 Å². The molecule has 7 heteroatoms. The molecule has 2 aliphatic rings. The Kier molecular flexibility index (Phi) is 8.10. The highest BCUT2D eigenvalue weighted by Crippen LogP contribution is 2.35. The molecule has 2 aromatic rings. The minimum absolute atomic E-state index is 0.136. The second kappa shape index (κ2) is 11.1. The number of nitrogens with two attached hydrogens (primary N) is 1. The molecule has 3 N–H and O–H groups in total. The third-order valence-electron chi connectivity index (χ3n) is 7.50. The van der Waals surface area contributed by atoms with Gasteiger partial charge in [0.1, 0.15) is 13.2 Å². The number of hydrogen-bond acceptors (Lipinski definition) is 6. The van der Waals surface area contributed by atoms with Crippen LogP contribution < -0.4 is 20.1 Å². The molecule has 0 spiro atoms. The van der Waals surface area contributed by atoms with E-state index in [1.54, 1.807) is 0 Å². The van der Waals surface area contributed by atoms with Crippen LogP contribution in [-0.2, 0) is 19.3 Å². The maximum Gasteiger partial charge on any atom is 0.250 e. The number of fused-ring (bicyclic) bond motifs is 2. The quantitative estimate of drug-likeness (QED) is 0.582. The van der Waals surface area contributed by atoms with E-state index < -0.39 is 5.91 Å². The fraction of sp³-hybridized carbons (Fsp3) is 0.552. The minimum atomic E-state index is -0.397. The Labute approximate surface area is 215 Å². The van der Waals surface area contributed by atoms with E-state index in [-0.39, 0.29) is 18.2 Å². The average Bonchev–Trinajstić information content (AvgIpc) is 3.27. The fourth-order valence-corrected chi connectivity index (χ4v) is 5.65. The molecule has 0 fully saturated rings. The van der Waals surface area contributed by atoms with E-state index >= 15 is 0 Å². The van der Waals surface area contributed by atoms with Crippen molar-refractivity contribution in [3.05, 3.63) is 52.6 Å². The van der Waals surface area contributed by atoms with Gasteiger partial charge in [0.25, 0.3) is 5.91 Å². The number of ether oxygens (including phenoxy) is 2. The van der Waals surface area contributed by atoms with Crippen molar-refractivity contribution in [3.63, 3.8) is 0 Å². The summed E-state index contributed by atoms with van der Waals surface area (Å²) in [6, 6.07) is 10.6. The standard InChI is InChI=1S/C29H41N3O4/c1-5-21-7-8-25-26(18-21)36-19-29(3,4)32(12-14-35-25)20(2)15-22-16-23-9-11-31(10-6-13-33)27(23)24(17-22)28(30)34/h7-8,16-18,20,33H,5-6,9-15,19H2,1-4H3,(H2,30,34)/t20-/m1/s1. The third-order valence-corrected chi connectivity index (χ3v) is 7.50. The van der Waals surface area contributed by atoms with Crippen molar-refractivity contribution in [2.45, 2.75) is 65.0 Å². The summed E-state index contributed by atoms with van der Waals surface area (Å²) < 4.78 is 12.4. The van der Waals surface area contributed by atoms with Crippen LogP contribution in [0.5, 0.6) is 11.5 Å². The summed E-state index contributed by atoms with van der Waals surface area (Å²) in [5, 5.41) is 9.25. The molecule has 2 aliphatic heterocycles. The molecule has 2 aromatic carbocycles. The van der Waals surface area contributed by atoms with Crippen LogP contribution in [0.4, 0.5) is 5.69 Å². The van der Waals surface area contributed by atoms with Gasteiger partial charge in [0.05, 0.1) is 11.3 Å². The lowest BCUT2D eigenvalue weighted by Gasteiger charge is -2.41. The molecular weight excluding hydrogens is 454 g/mol. The number of carbonyl (C=O) groups excluding carboxylic acids is 1. The first-order valence-corrected chi connectivity index (χ1v) is 13.2. The smallest absolute Gasteiger partial charge is 0.250 e. The maximum absolute atomic E-state index is 12.4. The number of benzene rings is 2. The Balaban J connectivity index is 1.54. The SMILES string of the molecule is CCc1ccc2c(c1)OCC(C)(C)N([C@H](C)Cc1cc3c(c(C(N)=O)c1)N(CCCO)CC3)CCO2. The van der Waals surface area contributed by atoms with Crippen LogP contribution in [0, 0.1) is 0 Å². The van der Waals surface area contributed by atoms with Gasteiger partial charge >= 0.3 is 0 Å². The first kappa shape index (κ1) is 26.3. The largest absolute Gasteiger partial charge is 0.488 e. The molecular formula is C29H41N3O4. The van der Waals surface area contributed by atoms with Crippen LogP contribution in [0.3, 0.4) is 0 Å². The molecule has 0 aromatic heterocycles. The Morgan fingerprint density at radius 3 is 2.67 bits per heavy atom. The van der Waals surface area contributed by atoms with Crippen molar-refractivity contribution in [3.8, 4) is 11.5 Å². The second-order valence-corrected chi connectivity index (χ2v) is 10.7. The van der Waals surface area contributed by atoms with Gasteiger partial charge in [-0.2, -0.15) is 0 Å². The van der Waals surface area contributed by atoms with Crippen LogP contribution in [0.25, 0.3) is 0 Å². The van der Waals surface area contributed by atoms with Crippen molar-refractivity contribution >= 4 is 11.6 Å². The summed E-state index contributed by atoms with van der Waals surface area (Å²) >= 11 is 0. The van der Waals surface area contributed by atoms with Gasteiger partial charge in [0.2, 0.25) is 0 Å². The third kappa shape index (κ3) is 5.62. The van der Waals surface area contributed by atoms with Crippen molar-refractivity contribution in [2.24, 2.45) is 5.73 Å². The summed E-state index contributed by atoms with van der Waals surface area (Å²) in [5.41, 5.74) is 10.7. The van der Waals surface area contributed by atoms with Crippen molar-refractivity contribution in [2.75, 3.05) is 44.4 Å². The lowest BCUT2D eigenvalue weighted by Crippen LogP contribution is -2.54. The number of aliphatic hydroxyl groups excluding tert-OH is 1. The second-order valence-electron chi connectivity index (χ2n) is 10.7. The fourth-order valence-electron chi connectivity index (χ4n) is 5.65. The Morgan fingerprint density at radius 2 is 1.94 bits per heavy atom. The van der Waals surface area contributed by atoms with E-state index in [0.717, 1.165) is 61.6 Å². The number of aliphatic hydroxyl groups is 1. The first-order valence-electron chi connectivity index (χ1n) is 13.2. The number of aryl methyl sites for hydroxylation is 1. The van der Waals surface area contributed by atoms with Crippen molar-refractivity contribution in [1.82, 2.24) is 4.90 Å². The molecule has 0 unspecified atom stereocenters. The predicted molar refractivity (Wildman–Crippen MR) is 143 cm³/mol. The lowest BCUT2D eigenvalue weighted by molar-refractivity contribution is 0.0331. The molecule has 2 heterocycles. The number of rotatable bonds is 8. The van der Waals surface area contributed by atoms with Gasteiger partial charge in [0.15, 0.2) is 11.5 Å². The number of nitrogens with zero attached hydrogens (tertiary/aromatic N) is 2. The molecule has 1 amide bonds. The number of amides is 1. The number of hydrogen-bond donors (Lipinski definition) is 2. The van der Waals surface area contributed by atoms with Crippen molar-refractivity contribution in [1.29, 1.82) is 0 Å². The summed E-state index contributed by atoms with van der Waals surface area (Å²) in [6.45, 7) is 12.4. The summed E-state index contributed by atoms with van der Waals surface area (Å²) in [4.78, 5) is 17.0. The van der Waals surface area contributed by atoms with Gasteiger partial charge < -0.3 is 25.2 Å². The van der Waals surface area contributed by atoms with Gasteiger partial charge in [-0.1, -0.05) is 19.1 Å². The monoisotopic (exact) mass is 495 g/mol. The molecule has 0 aliphatic carbocycles. The zero-order valence-electron chi connectivity index (χ0n) is 22.2. The number of carbonyl (C=O) groups is 1. The highest BCUT2D eigenvalue weighted by Gasteiger charge is 2.33. The molecule has 1 atom stereocenters. The molecule has 0 saturated carbocycles. The predicted octanol–water partition coefficient (Wildman–Crippen LogP) is 3.58. The molecule has 196 valence electrons. The lowest BCUT2D eigenvalue weighted by atomic mass is 9.95. The van der Waals surface area contributed by atoms with E-state index in [9.17, 15) is 9.90 Å². The van der Waals surface area contributed by atoms with Gasteiger partial charge in [-0.25, -0.2) is 0 Å². The number of primary amides is 1. The Bertz CT molecular complexity index is 1080. The molecule has 36 heavy (non-hydrogen) atoms.